The Morgan fingerprint density at radius 3 is 2.00 bits per heavy atom. The van der Waals surface area contributed by atoms with Crippen molar-refractivity contribution in [2.24, 2.45) is 11.7 Å². The standard InChI is InChI=1S/C13H25N3O.2ClH/c1-10(11(2)14)13(17)16-8-6-15(7-9-16)12-4-3-5-12;;/h10-12H,3-9,14H2,1-2H3;2*1H. The molecule has 0 spiro atoms. The Hall–Kier alpha value is -0.0300. The summed E-state index contributed by atoms with van der Waals surface area (Å²) in [6, 6.07) is 0.755. The van der Waals surface area contributed by atoms with Gasteiger partial charge in [-0.3, -0.25) is 9.69 Å². The fourth-order valence-electron chi connectivity index (χ4n) is 2.57. The Labute approximate surface area is 128 Å². The molecule has 4 nitrogen and oxygen atoms in total. The lowest BCUT2D eigenvalue weighted by Gasteiger charge is -2.43. The molecule has 1 saturated carbocycles. The molecular formula is C13H27Cl2N3O. The highest BCUT2D eigenvalue weighted by molar-refractivity contribution is 5.85. The number of carbonyl (C=O) groups is 1. The van der Waals surface area contributed by atoms with Gasteiger partial charge in [0.25, 0.3) is 0 Å². The summed E-state index contributed by atoms with van der Waals surface area (Å²) in [5, 5.41) is 0. The number of hydrogen-bond donors (Lipinski definition) is 1. The average Bonchev–Trinajstić information content (AvgIpc) is 2.25. The highest BCUT2D eigenvalue weighted by Gasteiger charge is 2.31. The van der Waals surface area contributed by atoms with Crippen LogP contribution in [0, 0.1) is 5.92 Å². The first-order valence-electron chi connectivity index (χ1n) is 6.88. The molecule has 2 atom stereocenters. The van der Waals surface area contributed by atoms with Crippen LogP contribution in [0.4, 0.5) is 0 Å². The summed E-state index contributed by atoms with van der Waals surface area (Å²) in [5.74, 6) is 0.179. The molecule has 2 unspecified atom stereocenters. The molecule has 1 amide bonds. The molecular weight excluding hydrogens is 285 g/mol. The largest absolute Gasteiger partial charge is 0.340 e. The van der Waals surface area contributed by atoms with Crippen LogP contribution in [0.3, 0.4) is 0 Å². The lowest BCUT2D eigenvalue weighted by atomic mass is 9.91. The summed E-state index contributed by atoms with van der Waals surface area (Å²) in [7, 11) is 0. The van der Waals surface area contributed by atoms with Crippen LogP contribution in [0.25, 0.3) is 0 Å². The predicted molar refractivity (Wildman–Crippen MR) is 83.1 cm³/mol. The van der Waals surface area contributed by atoms with Gasteiger partial charge >= 0.3 is 0 Å². The molecule has 0 aromatic heterocycles. The third-order valence-corrected chi connectivity index (χ3v) is 4.40. The number of nitrogens with two attached hydrogens (primary N) is 1. The van der Waals surface area contributed by atoms with E-state index in [1.165, 1.54) is 19.3 Å². The quantitative estimate of drug-likeness (QED) is 0.859. The first kappa shape index (κ1) is 19.0. The van der Waals surface area contributed by atoms with E-state index < -0.39 is 0 Å². The van der Waals surface area contributed by atoms with Gasteiger partial charge in [-0.1, -0.05) is 13.3 Å². The summed E-state index contributed by atoms with van der Waals surface area (Å²) >= 11 is 0. The second kappa shape index (κ2) is 8.30. The van der Waals surface area contributed by atoms with Gasteiger partial charge in [-0.2, -0.15) is 0 Å². The molecule has 1 aliphatic heterocycles. The van der Waals surface area contributed by atoms with Gasteiger partial charge in [0.15, 0.2) is 0 Å². The Kier molecular flexibility index (Phi) is 8.29. The van der Waals surface area contributed by atoms with Gasteiger partial charge in [0.1, 0.15) is 0 Å². The van der Waals surface area contributed by atoms with Crippen molar-refractivity contribution in [1.82, 2.24) is 9.80 Å². The average molecular weight is 312 g/mol. The molecule has 2 rings (SSSR count). The van der Waals surface area contributed by atoms with E-state index in [4.69, 9.17) is 5.73 Å². The fourth-order valence-corrected chi connectivity index (χ4v) is 2.57. The summed E-state index contributed by atoms with van der Waals surface area (Å²) in [4.78, 5) is 16.7. The maximum absolute atomic E-state index is 12.1. The Morgan fingerprint density at radius 2 is 1.63 bits per heavy atom. The summed E-state index contributed by atoms with van der Waals surface area (Å²) in [6.45, 7) is 7.70. The second-order valence-corrected chi connectivity index (χ2v) is 5.59. The minimum absolute atomic E-state index is 0. The zero-order valence-electron chi connectivity index (χ0n) is 11.9. The molecule has 0 bridgehead atoms. The number of nitrogens with zero attached hydrogens (tertiary/aromatic N) is 2. The molecule has 2 fully saturated rings. The third kappa shape index (κ3) is 4.48. The summed E-state index contributed by atoms with van der Waals surface area (Å²) < 4.78 is 0. The van der Waals surface area contributed by atoms with Crippen LogP contribution in [0.15, 0.2) is 0 Å². The summed E-state index contributed by atoms with van der Waals surface area (Å²) in [6.07, 6.45) is 4.08. The number of hydrogen-bond acceptors (Lipinski definition) is 3. The van der Waals surface area contributed by atoms with E-state index in [2.05, 4.69) is 4.90 Å². The molecule has 1 heterocycles. The van der Waals surface area contributed by atoms with Crippen molar-refractivity contribution in [3.63, 3.8) is 0 Å². The van der Waals surface area contributed by atoms with Crippen molar-refractivity contribution in [2.45, 2.75) is 45.2 Å². The highest BCUT2D eigenvalue weighted by atomic mass is 35.5. The van der Waals surface area contributed by atoms with Crippen molar-refractivity contribution in [3.05, 3.63) is 0 Å². The van der Waals surface area contributed by atoms with Crippen molar-refractivity contribution in [2.75, 3.05) is 26.2 Å². The van der Waals surface area contributed by atoms with E-state index in [0.29, 0.717) is 0 Å². The van der Waals surface area contributed by atoms with Gasteiger partial charge in [0.05, 0.1) is 5.92 Å². The third-order valence-electron chi connectivity index (χ3n) is 4.40. The minimum Gasteiger partial charge on any atom is -0.340 e. The molecule has 114 valence electrons. The smallest absolute Gasteiger partial charge is 0.227 e. The van der Waals surface area contributed by atoms with Crippen LogP contribution in [0.5, 0.6) is 0 Å². The van der Waals surface area contributed by atoms with E-state index in [9.17, 15) is 4.79 Å². The maximum atomic E-state index is 12.1. The van der Waals surface area contributed by atoms with E-state index in [1.54, 1.807) is 0 Å². The Bertz CT molecular complexity index is 277. The van der Waals surface area contributed by atoms with Gasteiger partial charge in [0.2, 0.25) is 5.91 Å². The molecule has 19 heavy (non-hydrogen) atoms. The van der Waals surface area contributed by atoms with Crippen LogP contribution in [-0.2, 0) is 4.79 Å². The number of halogens is 2. The number of amides is 1. The second-order valence-electron chi connectivity index (χ2n) is 5.59. The van der Waals surface area contributed by atoms with Crippen molar-refractivity contribution >= 4 is 30.7 Å². The number of piperazine rings is 1. The zero-order valence-corrected chi connectivity index (χ0v) is 13.5. The van der Waals surface area contributed by atoms with E-state index in [-0.39, 0.29) is 42.7 Å². The van der Waals surface area contributed by atoms with Gasteiger partial charge in [-0.15, -0.1) is 24.8 Å². The van der Waals surface area contributed by atoms with Gasteiger partial charge < -0.3 is 10.6 Å². The lowest BCUT2D eigenvalue weighted by Crippen LogP contribution is -2.55. The normalized spacial score (nSPS) is 23.6. The van der Waals surface area contributed by atoms with E-state index in [1.807, 2.05) is 18.7 Å². The summed E-state index contributed by atoms with van der Waals surface area (Å²) in [5.41, 5.74) is 5.79. The van der Waals surface area contributed by atoms with Crippen molar-refractivity contribution in [3.8, 4) is 0 Å². The maximum Gasteiger partial charge on any atom is 0.227 e. The van der Waals surface area contributed by atoms with Crippen LogP contribution >= 0.6 is 24.8 Å². The molecule has 1 aliphatic carbocycles. The first-order chi connectivity index (χ1) is 8.09. The van der Waals surface area contributed by atoms with Crippen LogP contribution in [-0.4, -0.2) is 54.0 Å². The van der Waals surface area contributed by atoms with E-state index in [0.717, 1.165) is 32.2 Å². The van der Waals surface area contributed by atoms with Crippen LogP contribution < -0.4 is 5.73 Å². The molecule has 0 aromatic carbocycles. The SMILES string of the molecule is CC(N)C(C)C(=O)N1CCN(C2CCC2)CC1.Cl.Cl. The van der Waals surface area contributed by atoms with Crippen molar-refractivity contribution in [1.29, 1.82) is 0 Å². The Morgan fingerprint density at radius 1 is 1.11 bits per heavy atom. The Balaban J connectivity index is 0.00000162. The lowest BCUT2D eigenvalue weighted by molar-refractivity contribution is -0.137. The molecule has 0 aromatic rings. The van der Waals surface area contributed by atoms with Gasteiger partial charge in [-0.25, -0.2) is 0 Å². The molecule has 2 aliphatic rings. The highest BCUT2D eigenvalue weighted by Crippen LogP contribution is 2.25. The molecule has 2 N–H and O–H groups in total. The first-order valence-corrected chi connectivity index (χ1v) is 6.88. The van der Waals surface area contributed by atoms with E-state index >= 15 is 0 Å². The monoisotopic (exact) mass is 311 g/mol. The topological polar surface area (TPSA) is 49.6 Å². The van der Waals surface area contributed by atoms with Gasteiger partial charge in [0, 0.05) is 38.3 Å². The molecule has 1 saturated heterocycles. The van der Waals surface area contributed by atoms with Crippen LogP contribution in [0.2, 0.25) is 0 Å². The zero-order chi connectivity index (χ0) is 12.4. The minimum atomic E-state index is -0.0507. The van der Waals surface area contributed by atoms with Crippen LogP contribution in [0.1, 0.15) is 33.1 Å². The van der Waals surface area contributed by atoms with Crippen molar-refractivity contribution < 1.29 is 4.79 Å². The number of rotatable bonds is 3. The van der Waals surface area contributed by atoms with Gasteiger partial charge in [-0.05, 0) is 19.8 Å². The molecule has 6 heteroatoms. The molecule has 0 radical (unpaired) electrons. The number of carbonyl (C=O) groups excluding carboxylic acids is 1. The predicted octanol–water partition coefficient (Wildman–Crippen LogP) is 1.51. The fraction of sp³-hybridized carbons (Fsp3) is 0.923.